The van der Waals surface area contributed by atoms with Crippen molar-refractivity contribution in [3.05, 3.63) is 0 Å². The molecule has 0 bridgehead atoms. The van der Waals surface area contributed by atoms with Gasteiger partial charge in [-0.25, -0.2) is 4.79 Å². The van der Waals surface area contributed by atoms with Crippen LogP contribution in [0.25, 0.3) is 0 Å². The Labute approximate surface area is 145 Å². The van der Waals surface area contributed by atoms with Crippen LogP contribution in [-0.4, -0.2) is 79.8 Å². The van der Waals surface area contributed by atoms with Gasteiger partial charge in [0, 0.05) is 39.3 Å². The molecule has 1 amide bonds. The maximum atomic E-state index is 12.0. The normalized spacial score (nSPS) is 16.5. The van der Waals surface area contributed by atoms with Crippen molar-refractivity contribution in [1.82, 2.24) is 20.4 Å². The van der Waals surface area contributed by atoms with E-state index in [0.717, 1.165) is 32.1 Å². The Morgan fingerprint density at radius 2 is 1.92 bits per heavy atom. The van der Waals surface area contributed by atoms with E-state index in [-0.39, 0.29) is 6.09 Å². The van der Waals surface area contributed by atoms with Crippen LogP contribution in [0.2, 0.25) is 0 Å². The lowest BCUT2D eigenvalue weighted by Gasteiger charge is -2.35. The molecule has 1 aliphatic rings. The van der Waals surface area contributed by atoms with Crippen LogP contribution >= 0.6 is 0 Å². The Kier molecular flexibility index (Phi) is 8.41. The first kappa shape index (κ1) is 20.1. The Morgan fingerprint density at radius 1 is 1.25 bits per heavy atom. The molecule has 0 aromatic rings. The molecule has 0 unspecified atom stereocenters. The van der Waals surface area contributed by atoms with Crippen molar-refractivity contribution >= 4 is 12.1 Å². The number of ether oxygens (including phenoxy) is 1. The highest BCUT2D eigenvalue weighted by Crippen LogP contribution is 2.11. The van der Waals surface area contributed by atoms with Crippen molar-refractivity contribution in [3.63, 3.8) is 0 Å². The number of hydrogen-bond acceptors (Lipinski definition) is 4. The van der Waals surface area contributed by atoms with Crippen LogP contribution < -0.4 is 10.6 Å². The summed E-state index contributed by atoms with van der Waals surface area (Å²) in [6, 6.07) is 0. The standard InChI is InChI=1S/C17H31N5O2/c1-6-8-19-15(18-7-2)20-9-10-21-11-13-22(14-12-21)16(23)24-17(3,4)5/h1H,7-14H2,2-5H3,(H2,18,19,20). The number of nitrogens with zero attached hydrogens (tertiary/aromatic N) is 3. The molecule has 2 N–H and O–H groups in total. The van der Waals surface area contributed by atoms with Crippen LogP contribution in [-0.2, 0) is 4.74 Å². The van der Waals surface area contributed by atoms with Gasteiger partial charge >= 0.3 is 6.09 Å². The van der Waals surface area contributed by atoms with E-state index in [1.807, 2.05) is 27.7 Å². The van der Waals surface area contributed by atoms with Gasteiger partial charge in [0.25, 0.3) is 0 Å². The number of aliphatic imine (C=N–C) groups is 1. The molecule has 136 valence electrons. The number of amides is 1. The van der Waals surface area contributed by atoms with E-state index in [1.54, 1.807) is 4.90 Å². The maximum Gasteiger partial charge on any atom is 0.410 e. The summed E-state index contributed by atoms with van der Waals surface area (Å²) < 4.78 is 5.40. The van der Waals surface area contributed by atoms with Crippen molar-refractivity contribution in [2.75, 3.05) is 52.4 Å². The van der Waals surface area contributed by atoms with Gasteiger partial charge in [0.2, 0.25) is 0 Å². The number of carbonyl (C=O) groups excluding carboxylic acids is 1. The van der Waals surface area contributed by atoms with E-state index >= 15 is 0 Å². The molecule has 0 aliphatic carbocycles. The lowest BCUT2D eigenvalue weighted by atomic mass is 10.2. The van der Waals surface area contributed by atoms with Crippen molar-refractivity contribution < 1.29 is 9.53 Å². The van der Waals surface area contributed by atoms with Gasteiger partial charge in [-0.15, -0.1) is 6.42 Å². The van der Waals surface area contributed by atoms with Crippen LogP contribution in [0.1, 0.15) is 27.7 Å². The summed E-state index contributed by atoms with van der Waals surface area (Å²) in [6.07, 6.45) is 5.02. The summed E-state index contributed by atoms with van der Waals surface area (Å²) >= 11 is 0. The van der Waals surface area contributed by atoms with Crippen LogP contribution in [0, 0.1) is 12.3 Å². The molecule has 24 heavy (non-hydrogen) atoms. The number of piperazine rings is 1. The molecule has 1 fully saturated rings. The SMILES string of the molecule is C#CCNC(=NCCN1CCN(C(=O)OC(C)(C)C)CC1)NCC. The van der Waals surface area contributed by atoms with Crippen molar-refractivity contribution in [2.45, 2.75) is 33.3 Å². The third-order valence-corrected chi connectivity index (χ3v) is 3.41. The van der Waals surface area contributed by atoms with E-state index in [4.69, 9.17) is 11.2 Å². The molecular weight excluding hydrogens is 306 g/mol. The first-order valence-corrected chi connectivity index (χ1v) is 8.51. The highest BCUT2D eigenvalue weighted by Gasteiger charge is 2.25. The molecular formula is C17H31N5O2. The van der Waals surface area contributed by atoms with Crippen LogP contribution in [0.3, 0.4) is 0 Å². The van der Waals surface area contributed by atoms with Gasteiger partial charge in [0.15, 0.2) is 5.96 Å². The number of hydrogen-bond donors (Lipinski definition) is 2. The average molecular weight is 337 g/mol. The van der Waals surface area contributed by atoms with E-state index < -0.39 is 5.60 Å². The van der Waals surface area contributed by atoms with Gasteiger partial charge in [-0.3, -0.25) is 9.89 Å². The van der Waals surface area contributed by atoms with E-state index in [9.17, 15) is 4.79 Å². The van der Waals surface area contributed by atoms with Gasteiger partial charge in [0.05, 0.1) is 13.1 Å². The molecule has 1 aliphatic heterocycles. The minimum atomic E-state index is -0.447. The fourth-order valence-corrected chi connectivity index (χ4v) is 2.26. The highest BCUT2D eigenvalue weighted by atomic mass is 16.6. The Morgan fingerprint density at radius 3 is 2.46 bits per heavy atom. The Bertz CT molecular complexity index is 457. The van der Waals surface area contributed by atoms with Gasteiger partial charge in [-0.1, -0.05) is 5.92 Å². The van der Waals surface area contributed by atoms with Crippen molar-refractivity contribution in [2.24, 2.45) is 4.99 Å². The van der Waals surface area contributed by atoms with E-state index in [0.29, 0.717) is 26.2 Å². The second kappa shape index (κ2) is 10.0. The minimum absolute atomic E-state index is 0.229. The molecule has 7 nitrogen and oxygen atoms in total. The molecule has 0 atom stereocenters. The van der Waals surface area contributed by atoms with Crippen LogP contribution in [0.15, 0.2) is 4.99 Å². The minimum Gasteiger partial charge on any atom is -0.444 e. The molecule has 1 rings (SSSR count). The summed E-state index contributed by atoms with van der Waals surface area (Å²) in [6.45, 7) is 13.5. The van der Waals surface area contributed by atoms with Crippen molar-refractivity contribution in [3.8, 4) is 12.3 Å². The number of nitrogens with one attached hydrogen (secondary N) is 2. The van der Waals surface area contributed by atoms with Gasteiger partial charge < -0.3 is 20.3 Å². The maximum absolute atomic E-state index is 12.0. The molecule has 7 heteroatoms. The average Bonchev–Trinajstić information content (AvgIpc) is 2.51. The predicted molar refractivity (Wildman–Crippen MR) is 97.1 cm³/mol. The van der Waals surface area contributed by atoms with Gasteiger partial charge in [-0.2, -0.15) is 0 Å². The van der Waals surface area contributed by atoms with E-state index in [2.05, 4.69) is 26.4 Å². The quantitative estimate of drug-likeness (QED) is 0.440. The molecule has 0 spiro atoms. The predicted octanol–water partition coefficient (Wildman–Crippen LogP) is 0.727. The highest BCUT2D eigenvalue weighted by molar-refractivity contribution is 5.79. The number of carbonyl (C=O) groups is 1. The Balaban J connectivity index is 2.33. The smallest absolute Gasteiger partial charge is 0.410 e. The van der Waals surface area contributed by atoms with Gasteiger partial charge in [-0.05, 0) is 27.7 Å². The first-order chi connectivity index (χ1) is 11.4. The third kappa shape index (κ3) is 8.06. The molecule has 1 saturated heterocycles. The molecule has 0 aromatic carbocycles. The zero-order valence-corrected chi connectivity index (χ0v) is 15.4. The second-order valence-electron chi connectivity index (χ2n) is 6.63. The third-order valence-electron chi connectivity index (χ3n) is 3.41. The first-order valence-electron chi connectivity index (χ1n) is 8.51. The monoisotopic (exact) mass is 337 g/mol. The fraction of sp³-hybridized carbons (Fsp3) is 0.765. The summed E-state index contributed by atoms with van der Waals surface area (Å²) in [5, 5.41) is 6.22. The molecule has 0 radical (unpaired) electrons. The number of rotatable bonds is 5. The van der Waals surface area contributed by atoms with Crippen LogP contribution in [0.5, 0.6) is 0 Å². The molecule has 0 aromatic heterocycles. The van der Waals surface area contributed by atoms with Gasteiger partial charge in [0.1, 0.15) is 5.60 Å². The number of guanidine groups is 1. The Hall–Kier alpha value is -1.94. The lowest BCUT2D eigenvalue weighted by Crippen LogP contribution is -2.50. The second-order valence-corrected chi connectivity index (χ2v) is 6.63. The zero-order valence-electron chi connectivity index (χ0n) is 15.4. The lowest BCUT2D eigenvalue weighted by molar-refractivity contribution is 0.0148. The zero-order chi connectivity index (χ0) is 18.0. The summed E-state index contributed by atoms with van der Waals surface area (Å²) in [4.78, 5) is 20.6. The fourth-order valence-electron chi connectivity index (χ4n) is 2.26. The molecule has 0 saturated carbocycles. The largest absolute Gasteiger partial charge is 0.444 e. The number of terminal acetylenes is 1. The molecule has 1 heterocycles. The van der Waals surface area contributed by atoms with E-state index in [1.165, 1.54) is 0 Å². The summed E-state index contributed by atoms with van der Waals surface area (Å²) in [7, 11) is 0. The topological polar surface area (TPSA) is 69.2 Å². The van der Waals surface area contributed by atoms with Crippen LogP contribution in [0.4, 0.5) is 4.79 Å². The van der Waals surface area contributed by atoms with Crippen molar-refractivity contribution in [1.29, 1.82) is 0 Å². The summed E-state index contributed by atoms with van der Waals surface area (Å²) in [5.74, 6) is 3.27. The summed E-state index contributed by atoms with van der Waals surface area (Å²) in [5.41, 5.74) is -0.447.